The summed E-state index contributed by atoms with van der Waals surface area (Å²) >= 11 is 0. The van der Waals surface area contributed by atoms with Crippen LogP contribution in [-0.4, -0.2) is 36.2 Å². The van der Waals surface area contributed by atoms with E-state index < -0.39 is 0 Å². The molecule has 2 nitrogen and oxygen atoms in total. The smallest absolute Gasteiger partial charge is 0.0558 e. The van der Waals surface area contributed by atoms with Crippen LogP contribution in [0.5, 0.6) is 0 Å². The van der Waals surface area contributed by atoms with Crippen molar-refractivity contribution in [1.29, 1.82) is 0 Å². The Morgan fingerprint density at radius 2 is 1.33 bits per heavy atom. The normalized spacial score (nSPS) is 9.50. The van der Waals surface area contributed by atoms with Crippen molar-refractivity contribution >= 4 is 0 Å². The molecule has 0 atom stereocenters. The minimum absolute atomic E-state index is 0.292. The highest BCUT2D eigenvalue weighted by Gasteiger charge is 1.98. The van der Waals surface area contributed by atoms with Gasteiger partial charge in [0, 0.05) is 6.54 Å². The first-order valence-corrected chi connectivity index (χ1v) is 5.18. The van der Waals surface area contributed by atoms with E-state index in [9.17, 15) is 0 Å². The number of hydrogen-bond donors (Lipinski definition) is 1. The third-order valence-electron chi connectivity index (χ3n) is 1.50. The molecular weight excluding hydrogens is 150 g/mol. The van der Waals surface area contributed by atoms with Crippen molar-refractivity contribution in [1.82, 2.24) is 4.90 Å². The average Bonchev–Trinajstić information content (AvgIpc) is 2.10. The topological polar surface area (TPSA) is 23.5 Å². The van der Waals surface area contributed by atoms with Crippen LogP contribution in [0.2, 0.25) is 0 Å². The van der Waals surface area contributed by atoms with Crippen LogP contribution in [0.25, 0.3) is 0 Å². The highest BCUT2D eigenvalue weighted by molar-refractivity contribution is 4.53. The van der Waals surface area contributed by atoms with Crippen LogP contribution in [-0.2, 0) is 0 Å². The molecule has 0 aromatic heterocycles. The maximum Gasteiger partial charge on any atom is 0.0558 e. The number of aliphatic hydroxyl groups is 1. The van der Waals surface area contributed by atoms with Crippen LogP contribution in [0, 0.1) is 0 Å². The number of hydrogen-bond acceptors (Lipinski definition) is 2. The third-order valence-corrected chi connectivity index (χ3v) is 1.50. The fraction of sp³-hybridized carbons (Fsp3) is 1.00. The molecule has 0 aromatic carbocycles. The van der Waals surface area contributed by atoms with E-state index in [1.54, 1.807) is 0 Å². The summed E-state index contributed by atoms with van der Waals surface area (Å²) in [4.78, 5) is 2.29. The lowest BCUT2D eigenvalue weighted by Crippen LogP contribution is -2.28. The molecule has 0 radical (unpaired) electrons. The largest absolute Gasteiger partial charge is 0.395 e. The highest BCUT2D eigenvalue weighted by atomic mass is 16.3. The molecule has 12 heavy (non-hydrogen) atoms. The van der Waals surface area contributed by atoms with Crippen molar-refractivity contribution in [2.45, 2.75) is 40.5 Å². The van der Waals surface area contributed by atoms with Gasteiger partial charge in [0.15, 0.2) is 0 Å². The maximum absolute atomic E-state index is 8.65. The fourth-order valence-corrected chi connectivity index (χ4v) is 1.11. The number of rotatable bonds is 6. The van der Waals surface area contributed by atoms with Gasteiger partial charge in [-0.2, -0.15) is 0 Å². The van der Waals surface area contributed by atoms with Gasteiger partial charge in [0.25, 0.3) is 0 Å². The van der Waals surface area contributed by atoms with E-state index in [4.69, 9.17) is 5.11 Å². The summed E-state index contributed by atoms with van der Waals surface area (Å²) in [6.45, 7) is 11.7. The summed E-state index contributed by atoms with van der Waals surface area (Å²) in [5.41, 5.74) is 0. The predicted molar refractivity (Wildman–Crippen MR) is 55.5 cm³/mol. The van der Waals surface area contributed by atoms with Gasteiger partial charge >= 0.3 is 0 Å². The van der Waals surface area contributed by atoms with E-state index in [1.165, 1.54) is 12.8 Å². The SMILES string of the molecule is CC.CCCN(CCC)CCO. The molecule has 0 bridgehead atoms. The zero-order chi connectivity index (χ0) is 9.82. The minimum atomic E-state index is 0.292. The van der Waals surface area contributed by atoms with E-state index in [-0.39, 0.29) is 0 Å². The van der Waals surface area contributed by atoms with Gasteiger partial charge in [-0.3, -0.25) is 0 Å². The standard InChI is InChI=1S/C8H19NO.C2H6/c1-3-5-9(6-4-2)7-8-10;1-2/h10H,3-8H2,1-2H3;1-2H3. The van der Waals surface area contributed by atoms with Gasteiger partial charge in [0.1, 0.15) is 0 Å². The first-order valence-electron chi connectivity index (χ1n) is 5.18. The molecular formula is C10H25NO. The van der Waals surface area contributed by atoms with Crippen LogP contribution in [0.15, 0.2) is 0 Å². The van der Waals surface area contributed by atoms with Crippen LogP contribution in [0.4, 0.5) is 0 Å². The van der Waals surface area contributed by atoms with Crippen molar-refractivity contribution in [2.75, 3.05) is 26.2 Å². The molecule has 76 valence electrons. The van der Waals surface area contributed by atoms with Gasteiger partial charge in [-0.25, -0.2) is 0 Å². The average molecular weight is 175 g/mol. The van der Waals surface area contributed by atoms with E-state index in [2.05, 4.69) is 18.7 Å². The van der Waals surface area contributed by atoms with Crippen LogP contribution in [0.1, 0.15) is 40.5 Å². The monoisotopic (exact) mass is 175 g/mol. The molecule has 0 unspecified atom stereocenters. The molecule has 1 N–H and O–H groups in total. The Balaban J connectivity index is 0. The Morgan fingerprint density at radius 3 is 1.58 bits per heavy atom. The minimum Gasteiger partial charge on any atom is -0.395 e. The Bertz CT molecular complexity index is 52.6. The Morgan fingerprint density at radius 1 is 0.917 bits per heavy atom. The summed E-state index contributed by atoms with van der Waals surface area (Å²) in [6.07, 6.45) is 2.36. The Kier molecular flexibility index (Phi) is 16.3. The van der Waals surface area contributed by atoms with Crippen molar-refractivity contribution in [3.63, 3.8) is 0 Å². The molecule has 0 heterocycles. The Hall–Kier alpha value is -0.0800. The van der Waals surface area contributed by atoms with Crippen molar-refractivity contribution in [3.8, 4) is 0 Å². The van der Waals surface area contributed by atoms with E-state index in [0.717, 1.165) is 19.6 Å². The van der Waals surface area contributed by atoms with E-state index in [1.807, 2.05) is 13.8 Å². The zero-order valence-electron chi connectivity index (χ0n) is 9.14. The molecule has 0 aromatic rings. The first-order chi connectivity index (χ1) is 5.85. The van der Waals surface area contributed by atoms with Gasteiger partial charge in [0.2, 0.25) is 0 Å². The summed E-state index contributed by atoms with van der Waals surface area (Å²) in [6, 6.07) is 0. The number of nitrogens with zero attached hydrogens (tertiary/aromatic N) is 1. The summed E-state index contributed by atoms with van der Waals surface area (Å²) < 4.78 is 0. The molecule has 0 saturated carbocycles. The first kappa shape index (κ1) is 14.4. The molecule has 0 fully saturated rings. The fourth-order valence-electron chi connectivity index (χ4n) is 1.11. The molecule has 2 heteroatoms. The summed E-state index contributed by atoms with van der Waals surface area (Å²) in [5, 5.41) is 8.65. The molecule has 0 spiro atoms. The van der Waals surface area contributed by atoms with Gasteiger partial charge in [-0.1, -0.05) is 27.7 Å². The number of aliphatic hydroxyl groups excluding tert-OH is 1. The molecule has 0 amide bonds. The van der Waals surface area contributed by atoms with E-state index >= 15 is 0 Å². The second kappa shape index (κ2) is 13.5. The third kappa shape index (κ3) is 9.92. The summed E-state index contributed by atoms with van der Waals surface area (Å²) in [5.74, 6) is 0. The zero-order valence-corrected chi connectivity index (χ0v) is 9.14. The second-order valence-electron chi connectivity index (χ2n) is 2.57. The van der Waals surface area contributed by atoms with Gasteiger partial charge in [0.05, 0.1) is 6.61 Å². The molecule has 0 aliphatic carbocycles. The molecule has 0 aliphatic heterocycles. The molecule has 0 aliphatic rings. The second-order valence-corrected chi connectivity index (χ2v) is 2.57. The highest BCUT2D eigenvalue weighted by Crippen LogP contribution is 1.91. The lowest BCUT2D eigenvalue weighted by molar-refractivity contribution is 0.196. The molecule has 0 saturated heterocycles. The van der Waals surface area contributed by atoms with Crippen LogP contribution >= 0.6 is 0 Å². The predicted octanol–water partition coefficient (Wildman–Crippen LogP) is 2.13. The van der Waals surface area contributed by atoms with Crippen molar-refractivity contribution in [3.05, 3.63) is 0 Å². The van der Waals surface area contributed by atoms with Crippen molar-refractivity contribution < 1.29 is 5.11 Å². The van der Waals surface area contributed by atoms with Crippen molar-refractivity contribution in [2.24, 2.45) is 0 Å². The maximum atomic E-state index is 8.65. The van der Waals surface area contributed by atoms with E-state index in [0.29, 0.717) is 6.61 Å². The molecule has 0 rings (SSSR count). The van der Waals surface area contributed by atoms with Gasteiger partial charge in [-0.15, -0.1) is 0 Å². The quantitative estimate of drug-likeness (QED) is 0.668. The lowest BCUT2D eigenvalue weighted by Gasteiger charge is -2.18. The van der Waals surface area contributed by atoms with Crippen LogP contribution in [0.3, 0.4) is 0 Å². The van der Waals surface area contributed by atoms with Gasteiger partial charge in [-0.05, 0) is 25.9 Å². The lowest BCUT2D eigenvalue weighted by atomic mass is 10.3. The Labute approximate surface area is 77.6 Å². The van der Waals surface area contributed by atoms with Gasteiger partial charge < -0.3 is 10.0 Å². The summed E-state index contributed by atoms with van der Waals surface area (Å²) in [7, 11) is 0. The van der Waals surface area contributed by atoms with Crippen LogP contribution < -0.4 is 0 Å².